The third-order valence-electron chi connectivity index (χ3n) is 4.84. The van der Waals surface area contributed by atoms with Crippen molar-refractivity contribution in [1.82, 2.24) is 10.2 Å². The molecule has 2 aliphatic rings. The van der Waals surface area contributed by atoms with Gasteiger partial charge in [0.25, 0.3) is 5.91 Å². The second-order valence-electron chi connectivity index (χ2n) is 6.47. The van der Waals surface area contributed by atoms with Crippen molar-refractivity contribution in [2.45, 2.75) is 6.04 Å². The number of hydrogen-bond donors (Lipinski definition) is 1. The molecule has 1 atom stereocenters. The molecule has 0 aromatic heterocycles. The summed E-state index contributed by atoms with van der Waals surface area (Å²) < 4.78 is 30.2. The van der Waals surface area contributed by atoms with Gasteiger partial charge in [-0.15, -0.1) is 0 Å². The van der Waals surface area contributed by atoms with E-state index in [4.69, 9.17) is 14.2 Å². The molecule has 2 aliphatic heterocycles. The van der Waals surface area contributed by atoms with Gasteiger partial charge < -0.3 is 19.5 Å². The third-order valence-corrected chi connectivity index (χ3v) is 4.84. The van der Waals surface area contributed by atoms with Gasteiger partial charge in [-0.2, -0.15) is 0 Å². The van der Waals surface area contributed by atoms with Crippen molar-refractivity contribution in [1.29, 1.82) is 0 Å². The van der Waals surface area contributed by atoms with E-state index in [1.165, 1.54) is 12.1 Å². The van der Waals surface area contributed by atoms with Gasteiger partial charge in [0.1, 0.15) is 5.82 Å². The maximum absolute atomic E-state index is 13.9. The Morgan fingerprint density at radius 1 is 1.11 bits per heavy atom. The molecule has 0 radical (unpaired) electrons. The van der Waals surface area contributed by atoms with Crippen molar-refractivity contribution < 1.29 is 23.4 Å². The average molecular weight is 372 g/mol. The van der Waals surface area contributed by atoms with Gasteiger partial charge in [0.15, 0.2) is 11.5 Å². The van der Waals surface area contributed by atoms with Crippen molar-refractivity contribution in [3.05, 3.63) is 59.4 Å². The molecule has 1 saturated heterocycles. The van der Waals surface area contributed by atoms with Crippen molar-refractivity contribution in [2.24, 2.45) is 0 Å². The minimum atomic E-state index is -0.527. The molecule has 0 unspecified atom stereocenters. The topological polar surface area (TPSA) is 60.0 Å². The molecule has 1 amide bonds. The molecule has 1 N–H and O–H groups in total. The van der Waals surface area contributed by atoms with Crippen LogP contribution in [0, 0.1) is 5.82 Å². The summed E-state index contributed by atoms with van der Waals surface area (Å²) in [5.74, 6) is 0.467. The predicted octanol–water partition coefficient (Wildman–Crippen LogP) is 2.36. The van der Waals surface area contributed by atoms with E-state index in [0.717, 1.165) is 24.4 Å². The molecule has 1 fully saturated rings. The summed E-state index contributed by atoms with van der Waals surface area (Å²) in [4.78, 5) is 14.7. The first-order valence-electron chi connectivity index (χ1n) is 8.96. The van der Waals surface area contributed by atoms with E-state index >= 15 is 0 Å². The van der Waals surface area contributed by atoms with Gasteiger partial charge in [-0.25, -0.2) is 4.39 Å². The number of nitrogens with zero attached hydrogens (tertiary/aromatic N) is 1. The van der Waals surface area contributed by atoms with Crippen LogP contribution in [-0.2, 0) is 4.74 Å². The summed E-state index contributed by atoms with van der Waals surface area (Å²) in [5, 5.41) is 2.87. The van der Waals surface area contributed by atoms with Crippen LogP contribution in [-0.4, -0.2) is 50.4 Å². The molecule has 2 aromatic carbocycles. The van der Waals surface area contributed by atoms with Gasteiger partial charge in [-0.1, -0.05) is 18.2 Å². The molecule has 0 aliphatic carbocycles. The molecule has 27 heavy (non-hydrogen) atoms. The minimum absolute atomic E-state index is 0.0453. The van der Waals surface area contributed by atoms with Gasteiger partial charge >= 0.3 is 0 Å². The highest BCUT2D eigenvalue weighted by Crippen LogP contribution is 2.35. The highest BCUT2D eigenvalue weighted by molar-refractivity contribution is 5.94. The number of hydrogen-bond acceptors (Lipinski definition) is 5. The first kappa shape index (κ1) is 17.8. The lowest BCUT2D eigenvalue weighted by Gasteiger charge is -2.35. The quantitative estimate of drug-likeness (QED) is 0.873. The van der Waals surface area contributed by atoms with E-state index in [1.807, 2.05) is 18.2 Å². The Labute approximate surface area is 156 Å². The zero-order chi connectivity index (χ0) is 18.6. The second-order valence-corrected chi connectivity index (χ2v) is 6.47. The average Bonchev–Trinajstić information content (AvgIpc) is 3.17. The van der Waals surface area contributed by atoms with Crippen LogP contribution in [0.3, 0.4) is 0 Å². The fourth-order valence-corrected chi connectivity index (χ4v) is 3.40. The van der Waals surface area contributed by atoms with E-state index in [1.54, 1.807) is 12.1 Å². The lowest BCUT2D eigenvalue weighted by atomic mass is 10.0. The number of halogens is 1. The lowest BCUT2D eigenvalue weighted by molar-refractivity contribution is 0.0162. The first-order valence-corrected chi connectivity index (χ1v) is 8.96. The van der Waals surface area contributed by atoms with E-state index in [2.05, 4.69) is 10.2 Å². The van der Waals surface area contributed by atoms with Crippen molar-refractivity contribution >= 4 is 5.91 Å². The van der Waals surface area contributed by atoms with Crippen LogP contribution in [0.2, 0.25) is 0 Å². The van der Waals surface area contributed by atoms with Crippen LogP contribution in [0.25, 0.3) is 0 Å². The third kappa shape index (κ3) is 3.89. The minimum Gasteiger partial charge on any atom is -0.454 e. The van der Waals surface area contributed by atoms with Crippen LogP contribution < -0.4 is 14.8 Å². The summed E-state index contributed by atoms with van der Waals surface area (Å²) >= 11 is 0. The summed E-state index contributed by atoms with van der Waals surface area (Å²) in [6.07, 6.45) is 0. The summed E-state index contributed by atoms with van der Waals surface area (Å²) in [6.45, 7) is 3.37. The molecule has 0 saturated carbocycles. The van der Waals surface area contributed by atoms with E-state index in [0.29, 0.717) is 25.5 Å². The van der Waals surface area contributed by atoms with Crippen LogP contribution in [0.15, 0.2) is 42.5 Å². The molecular formula is C20H21FN2O4. The first-order chi connectivity index (χ1) is 13.2. The number of benzene rings is 2. The van der Waals surface area contributed by atoms with Gasteiger partial charge in [0.2, 0.25) is 6.79 Å². The monoisotopic (exact) mass is 372 g/mol. The predicted molar refractivity (Wildman–Crippen MR) is 96.4 cm³/mol. The Bertz CT molecular complexity index is 823. The fraction of sp³-hybridized carbons (Fsp3) is 0.350. The number of fused-ring (bicyclic) bond motifs is 1. The number of carbonyl (C=O) groups excluding carboxylic acids is 1. The Balaban J connectivity index is 1.53. The molecule has 2 heterocycles. The molecule has 7 heteroatoms. The normalized spacial score (nSPS) is 17.5. The van der Waals surface area contributed by atoms with Crippen LogP contribution in [0.4, 0.5) is 4.39 Å². The van der Waals surface area contributed by atoms with Crippen molar-refractivity contribution in [3.63, 3.8) is 0 Å². The summed E-state index contributed by atoms with van der Waals surface area (Å²) in [6, 6.07) is 11.7. The maximum Gasteiger partial charge on any atom is 0.254 e. The SMILES string of the molecule is O=C(NC[C@H](c1ccc2c(c1)OCO2)N1CCOCC1)c1ccccc1F. The standard InChI is InChI=1S/C20H21FN2O4/c21-16-4-2-1-3-15(16)20(24)22-12-17(23-7-9-25-10-8-23)14-5-6-18-19(11-14)27-13-26-18/h1-6,11,17H,7-10,12-13H2,(H,22,24)/t17-/m1/s1. The molecular weight excluding hydrogens is 351 g/mol. The number of carbonyl (C=O) groups is 1. The Hall–Kier alpha value is -2.64. The molecule has 0 spiro atoms. The van der Waals surface area contributed by atoms with Crippen LogP contribution in [0.1, 0.15) is 22.0 Å². The molecule has 4 rings (SSSR count). The Morgan fingerprint density at radius 2 is 1.89 bits per heavy atom. The van der Waals surface area contributed by atoms with Gasteiger partial charge in [-0.3, -0.25) is 9.69 Å². The highest BCUT2D eigenvalue weighted by Gasteiger charge is 2.26. The largest absolute Gasteiger partial charge is 0.454 e. The molecule has 142 valence electrons. The zero-order valence-electron chi connectivity index (χ0n) is 14.8. The lowest BCUT2D eigenvalue weighted by Crippen LogP contribution is -2.43. The Morgan fingerprint density at radius 3 is 2.70 bits per heavy atom. The smallest absolute Gasteiger partial charge is 0.254 e. The van der Waals surface area contributed by atoms with Crippen molar-refractivity contribution in [3.8, 4) is 11.5 Å². The van der Waals surface area contributed by atoms with E-state index in [-0.39, 0.29) is 18.4 Å². The van der Waals surface area contributed by atoms with Crippen LogP contribution >= 0.6 is 0 Å². The second kappa shape index (κ2) is 7.94. The molecule has 6 nitrogen and oxygen atoms in total. The molecule has 0 bridgehead atoms. The zero-order valence-corrected chi connectivity index (χ0v) is 14.8. The number of morpholine rings is 1. The number of ether oxygens (including phenoxy) is 3. The summed E-state index contributed by atoms with van der Waals surface area (Å²) in [5.41, 5.74) is 1.05. The van der Waals surface area contributed by atoms with E-state index < -0.39 is 11.7 Å². The van der Waals surface area contributed by atoms with Gasteiger partial charge in [0, 0.05) is 19.6 Å². The summed E-state index contributed by atoms with van der Waals surface area (Å²) in [7, 11) is 0. The van der Waals surface area contributed by atoms with Crippen LogP contribution in [0.5, 0.6) is 11.5 Å². The Kier molecular flexibility index (Phi) is 5.22. The van der Waals surface area contributed by atoms with Gasteiger partial charge in [0.05, 0.1) is 24.8 Å². The van der Waals surface area contributed by atoms with E-state index in [9.17, 15) is 9.18 Å². The van der Waals surface area contributed by atoms with Gasteiger partial charge in [-0.05, 0) is 29.8 Å². The van der Waals surface area contributed by atoms with Crippen molar-refractivity contribution in [2.75, 3.05) is 39.6 Å². The fourth-order valence-electron chi connectivity index (χ4n) is 3.40. The highest BCUT2D eigenvalue weighted by atomic mass is 19.1. The molecule has 2 aromatic rings. The number of nitrogens with one attached hydrogen (secondary N) is 1. The number of amides is 1. The maximum atomic E-state index is 13.9. The number of rotatable bonds is 5.